The maximum Gasteiger partial charge on any atom is 0.319 e. The van der Waals surface area contributed by atoms with E-state index in [2.05, 4.69) is 10.6 Å². The first kappa shape index (κ1) is 21.1. The molecular formula is C21H23F2N3O2S. The number of nitrogens with zero attached hydrogens (tertiary/aromatic N) is 1. The third-order valence-corrected chi connectivity index (χ3v) is 5.68. The minimum absolute atomic E-state index is 0.0354. The lowest BCUT2D eigenvalue weighted by Crippen LogP contribution is -2.44. The van der Waals surface area contributed by atoms with Crippen molar-refractivity contribution in [2.24, 2.45) is 5.92 Å². The predicted octanol–water partition coefficient (Wildman–Crippen LogP) is 4.12. The molecular weight excluding hydrogens is 396 g/mol. The summed E-state index contributed by atoms with van der Waals surface area (Å²) >= 11 is 1.38. The summed E-state index contributed by atoms with van der Waals surface area (Å²) < 4.78 is 26.1. The summed E-state index contributed by atoms with van der Waals surface area (Å²) in [6.45, 7) is 1.73. The first-order valence-corrected chi connectivity index (χ1v) is 10.4. The number of benzene rings is 2. The summed E-state index contributed by atoms with van der Waals surface area (Å²) in [6.07, 6.45) is 1.81. The highest BCUT2D eigenvalue weighted by Gasteiger charge is 2.24. The van der Waals surface area contributed by atoms with Gasteiger partial charge in [0.15, 0.2) is 0 Å². The third-order valence-electron chi connectivity index (χ3n) is 4.68. The van der Waals surface area contributed by atoms with Gasteiger partial charge in [0.1, 0.15) is 11.6 Å². The number of carbonyl (C=O) groups excluding carboxylic acids is 2. The van der Waals surface area contributed by atoms with E-state index in [1.54, 1.807) is 18.2 Å². The molecule has 3 rings (SSSR count). The average Bonchev–Trinajstić information content (AvgIpc) is 2.72. The molecule has 0 bridgehead atoms. The highest BCUT2D eigenvalue weighted by atomic mass is 32.2. The van der Waals surface area contributed by atoms with Crippen molar-refractivity contribution in [2.45, 2.75) is 17.7 Å². The number of anilines is 1. The molecule has 1 unspecified atom stereocenters. The molecule has 154 valence electrons. The Balaban J connectivity index is 1.41. The summed E-state index contributed by atoms with van der Waals surface area (Å²) in [5, 5.41) is 5.39. The minimum Gasteiger partial charge on any atom is -0.342 e. The van der Waals surface area contributed by atoms with Crippen molar-refractivity contribution < 1.29 is 18.4 Å². The molecule has 2 N–H and O–H groups in total. The second-order valence-corrected chi connectivity index (χ2v) is 7.98. The Kier molecular flexibility index (Phi) is 7.46. The first-order chi connectivity index (χ1) is 14.0. The van der Waals surface area contributed by atoms with Gasteiger partial charge in [-0.25, -0.2) is 13.6 Å². The number of hydrogen-bond acceptors (Lipinski definition) is 3. The lowest BCUT2D eigenvalue weighted by Gasteiger charge is -2.33. The Morgan fingerprint density at radius 3 is 2.66 bits per heavy atom. The van der Waals surface area contributed by atoms with Crippen LogP contribution in [0.25, 0.3) is 0 Å². The Morgan fingerprint density at radius 2 is 1.90 bits per heavy atom. The predicted molar refractivity (Wildman–Crippen MR) is 110 cm³/mol. The first-order valence-electron chi connectivity index (χ1n) is 9.46. The molecule has 0 aromatic heterocycles. The molecule has 2 aromatic rings. The molecule has 1 aliphatic rings. The molecule has 8 heteroatoms. The Hall–Kier alpha value is -2.61. The average molecular weight is 419 g/mol. The molecule has 1 fully saturated rings. The van der Waals surface area contributed by atoms with Crippen LogP contribution in [0.15, 0.2) is 53.4 Å². The van der Waals surface area contributed by atoms with Crippen molar-refractivity contribution in [1.29, 1.82) is 0 Å². The Bertz CT molecular complexity index is 848. The summed E-state index contributed by atoms with van der Waals surface area (Å²) in [5.41, 5.74) is 0.390. The molecule has 1 saturated heterocycles. The monoisotopic (exact) mass is 419 g/mol. The number of urea groups is 1. The molecule has 1 atom stereocenters. The van der Waals surface area contributed by atoms with Crippen LogP contribution in [-0.2, 0) is 4.79 Å². The van der Waals surface area contributed by atoms with Gasteiger partial charge in [-0.2, -0.15) is 0 Å². The van der Waals surface area contributed by atoms with Crippen LogP contribution in [0.2, 0.25) is 0 Å². The van der Waals surface area contributed by atoms with Crippen molar-refractivity contribution in [3.63, 3.8) is 0 Å². The maximum atomic E-state index is 13.2. The third kappa shape index (κ3) is 6.74. The molecule has 0 saturated carbocycles. The number of halogens is 2. The van der Waals surface area contributed by atoms with E-state index in [9.17, 15) is 18.4 Å². The van der Waals surface area contributed by atoms with Crippen LogP contribution in [0.4, 0.5) is 19.3 Å². The van der Waals surface area contributed by atoms with Gasteiger partial charge in [0.25, 0.3) is 0 Å². The van der Waals surface area contributed by atoms with Crippen molar-refractivity contribution in [2.75, 3.05) is 30.7 Å². The van der Waals surface area contributed by atoms with Gasteiger partial charge in [-0.15, -0.1) is 11.8 Å². The van der Waals surface area contributed by atoms with E-state index in [-0.39, 0.29) is 17.6 Å². The van der Waals surface area contributed by atoms with Crippen molar-refractivity contribution >= 4 is 29.4 Å². The van der Waals surface area contributed by atoms with Crippen molar-refractivity contribution in [1.82, 2.24) is 10.2 Å². The van der Waals surface area contributed by atoms with Gasteiger partial charge < -0.3 is 15.5 Å². The van der Waals surface area contributed by atoms with E-state index in [0.717, 1.165) is 17.7 Å². The maximum absolute atomic E-state index is 13.2. The van der Waals surface area contributed by atoms with Crippen LogP contribution in [0, 0.1) is 17.6 Å². The molecule has 0 spiro atoms. The minimum atomic E-state index is -0.414. The summed E-state index contributed by atoms with van der Waals surface area (Å²) in [5.74, 6) is -0.211. The van der Waals surface area contributed by atoms with Crippen LogP contribution in [-0.4, -0.2) is 42.2 Å². The van der Waals surface area contributed by atoms with Gasteiger partial charge in [-0.1, -0.05) is 6.07 Å². The smallest absolute Gasteiger partial charge is 0.319 e. The Labute approximate surface area is 172 Å². The Morgan fingerprint density at radius 1 is 1.10 bits per heavy atom. The van der Waals surface area contributed by atoms with E-state index < -0.39 is 11.8 Å². The van der Waals surface area contributed by atoms with Gasteiger partial charge in [-0.3, -0.25) is 4.79 Å². The summed E-state index contributed by atoms with van der Waals surface area (Å²) in [6, 6.07) is 11.4. The number of rotatable bonds is 6. The quantitative estimate of drug-likeness (QED) is 0.693. The second kappa shape index (κ2) is 10.2. The van der Waals surface area contributed by atoms with Crippen molar-refractivity contribution in [3.05, 3.63) is 60.2 Å². The van der Waals surface area contributed by atoms with Gasteiger partial charge in [0.05, 0.1) is 5.75 Å². The van der Waals surface area contributed by atoms with Gasteiger partial charge >= 0.3 is 6.03 Å². The SMILES string of the molecule is O=C(NCC1CCCN(C(=O)CSc2ccc(F)cc2)C1)Nc1cccc(F)c1. The van der Waals surface area contributed by atoms with E-state index in [1.807, 2.05) is 4.90 Å². The lowest BCUT2D eigenvalue weighted by molar-refractivity contribution is -0.130. The number of likely N-dealkylation sites (tertiary alicyclic amines) is 1. The van der Waals surface area contributed by atoms with Crippen LogP contribution >= 0.6 is 11.8 Å². The normalized spacial score (nSPS) is 16.3. The van der Waals surface area contributed by atoms with Crippen LogP contribution in [0.5, 0.6) is 0 Å². The van der Waals surface area contributed by atoms with Gasteiger partial charge in [0, 0.05) is 30.2 Å². The molecule has 29 heavy (non-hydrogen) atoms. The van der Waals surface area contributed by atoms with E-state index in [1.165, 1.54) is 42.1 Å². The fourth-order valence-corrected chi connectivity index (χ4v) is 4.01. The molecule has 1 heterocycles. The molecule has 0 aliphatic carbocycles. The number of hydrogen-bond donors (Lipinski definition) is 2. The standard InChI is InChI=1S/C21H23F2N3O2S/c22-16-6-8-19(9-7-16)29-14-20(27)26-10-2-3-15(13-26)12-24-21(28)25-18-5-1-4-17(23)11-18/h1,4-9,11,15H,2-3,10,12-14H2,(H2,24,25,28). The highest BCUT2D eigenvalue weighted by Crippen LogP contribution is 2.21. The van der Waals surface area contributed by atoms with E-state index in [0.29, 0.717) is 31.1 Å². The highest BCUT2D eigenvalue weighted by molar-refractivity contribution is 8.00. The van der Waals surface area contributed by atoms with E-state index in [4.69, 9.17) is 0 Å². The molecule has 0 radical (unpaired) electrons. The number of nitrogens with one attached hydrogen (secondary N) is 2. The van der Waals surface area contributed by atoms with Crippen LogP contribution < -0.4 is 10.6 Å². The van der Waals surface area contributed by atoms with Gasteiger partial charge in [0.2, 0.25) is 5.91 Å². The van der Waals surface area contributed by atoms with E-state index >= 15 is 0 Å². The summed E-state index contributed by atoms with van der Waals surface area (Å²) in [7, 11) is 0. The lowest BCUT2D eigenvalue weighted by atomic mass is 9.98. The zero-order valence-electron chi connectivity index (χ0n) is 15.9. The zero-order valence-corrected chi connectivity index (χ0v) is 16.7. The number of thioether (sulfide) groups is 1. The second-order valence-electron chi connectivity index (χ2n) is 6.94. The van der Waals surface area contributed by atoms with Crippen LogP contribution in [0.3, 0.4) is 0 Å². The molecule has 1 aliphatic heterocycles. The van der Waals surface area contributed by atoms with Crippen molar-refractivity contribution in [3.8, 4) is 0 Å². The molecule has 2 aromatic carbocycles. The fourth-order valence-electron chi connectivity index (χ4n) is 3.20. The molecule has 5 nitrogen and oxygen atoms in total. The number of amides is 3. The van der Waals surface area contributed by atoms with Gasteiger partial charge in [-0.05, 0) is 61.2 Å². The largest absolute Gasteiger partial charge is 0.342 e. The van der Waals surface area contributed by atoms with Crippen LogP contribution in [0.1, 0.15) is 12.8 Å². The summed E-state index contributed by atoms with van der Waals surface area (Å²) in [4.78, 5) is 27.2. The molecule has 3 amide bonds. The zero-order chi connectivity index (χ0) is 20.6. The number of carbonyl (C=O) groups is 2. The number of piperidine rings is 1. The topological polar surface area (TPSA) is 61.4 Å². The fraction of sp³-hybridized carbons (Fsp3) is 0.333.